The molecule has 3 rings (SSSR count). The molecule has 10 nitrogen and oxygen atoms in total. The molecule has 0 amide bonds. The molecule has 0 spiro atoms. The van der Waals surface area contributed by atoms with Gasteiger partial charge in [-0.3, -0.25) is 9.59 Å². The molecular formula is C88H156N2O8. The van der Waals surface area contributed by atoms with E-state index in [9.17, 15) is 9.59 Å². The van der Waals surface area contributed by atoms with Gasteiger partial charge in [-0.1, -0.05) is 388 Å². The molecule has 0 aliphatic carbocycles. The standard InChI is InChI=1S/C88H156N2O8/c1-7-13-19-25-31-37-43-49-55-61-67-93-79-73-77(74-80(94-68-62-56-50-44-38-32-26-20-14-8-2)87(79)97-71-65-59-53-47-41-35-29-23-17-11-5)89-83-84(86(92)85(83)91)90-78-75-81(95-69-63-57-51-45-39-33-27-21-15-9-3)88(98-72-66-60-54-48-42-36-30-24-18-12-6)82(76-78)96-70-64-58-52-46-40-34-28-22-16-10-4/h73-76,89-90H,7-72H2,1-6H3. The van der Waals surface area contributed by atoms with E-state index < -0.39 is 10.9 Å². The fourth-order valence-electron chi connectivity index (χ4n) is 13.5. The van der Waals surface area contributed by atoms with Crippen LogP contribution in [0.1, 0.15) is 427 Å². The first-order valence-corrected chi connectivity index (χ1v) is 42.9. The molecule has 0 saturated heterocycles. The minimum Gasteiger partial charge on any atom is -0.489 e. The molecule has 0 radical (unpaired) electrons. The number of nitrogens with one attached hydrogen (secondary N) is 2. The van der Waals surface area contributed by atoms with Crippen molar-refractivity contribution in [2.75, 3.05) is 50.3 Å². The Balaban J connectivity index is 1.97. The molecule has 3 aromatic carbocycles. The quantitative estimate of drug-likeness (QED) is 0.0418. The van der Waals surface area contributed by atoms with Crippen LogP contribution in [0.15, 0.2) is 33.9 Å². The van der Waals surface area contributed by atoms with Gasteiger partial charge in [-0.25, -0.2) is 0 Å². The lowest BCUT2D eigenvalue weighted by Gasteiger charge is -2.22. The number of unbranched alkanes of at least 4 members (excludes halogenated alkanes) is 54. The van der Waals surface area contributed by atoms with Crippen molar-refractivity contribution >= 4 is 22.7 Å². The number of hydrogen-bond donors (Lipinski definition) is 2. The number of benzene rings is 2. The molecule has 0 fully saturated rings. The molecule has 2 N–H and O–H groups in total. The lowest BCUT2D eigenvalue weighted by atomic mass is 10.1. The van der Waals surface area contributed by atoms with Gasteiger partial charge in [-0.2, -0.15) is 0 Å². The summed E-state index contributed by atoms with van der Waals surface area (Å²) in [4.78, 5) is 27.9. The SMILES string of the molecule is CCCCCCCCCCCCOc1cc(Nc2c(Nc3cc(OCCCCCCCCCCCC)c(OCCCCCCCCCCCC)c(OCCCCCCCCCCCC)c3)c(=O)c2=O)cc(OCCCCCCCCCCCC)c1OCCCCCCCCCCCC. The maximum atomic E-state index is 14.0. The first-order valence-electron chi connectivity index (χ1n) is 42.9. The van der Waals surface area contributed by atoms with E-state index in [1.807, 2.05) is 24.3 Å². The van der Waals surface area contributed by atoms with Crippen LogP contribution in [0.2, 0.25) is 0 Å². The van der Waals surface area contributed by atoms with Gasteiger partial charge in [-0.05, 0) is 38.5 Å². The lowest BCUT2D eigenvalue weighted by Crippen LogP contribution is -2.35. The van der Waals surface area contributed by atoms with E-state index in [-0.39, 0.29) is 11.4 Å². The molecule has 0 saturated carbocycles. The predicted octanol–water partition coefficient (Wildman–Crippen LogP) is 28.6. The summed E-state index contributed by atoms with van der Waals surface area (Å²) in [6, 6.07) is 7.77. The summed E-state index contributed by atoms with van der Waals surface area (Å²) < 4.78 is 40.5. The zero-order valence-corrected chi connectivity index (χ0v) is 65.2. The highest BCUT2D eigenvalue weighted by Crippen LogP contribution is 2.45. The van der Waals surface area contributed by atoms with Crippen LogP contribution in [0.25, 0.3) is 0 Å². The van der Waals surface area contributed by atoms with Gasteiger partial charge in [-0.15, -0.1) is 0 Å². The molecule has 10 heteroatoms. The van der Waals surface area contributed by atoms with Crippen molar-refractivity contribution in [3.05, 3.63) is 44.7 Å². The molecule has 0 aromatic heterocycles. The Bertz CT molecular complexity index is 2070. The summed E-state index contributed by atoms with van der Waals surface area (Å²) in [6.45, 7) is 17.0. The first kappa shape index (κ1) is 88.1. The molecule has 566 valence electrons. The molecule has 98 heavy (non-hydrogen) atoms. The molecule has 0 aliphatic heterocycles. The van der Waals surface area contributed by atoms with E-state index in [2.05, 4.69) is 52.2 Å². The summed E-state index contributed by atoms with van der Waals surface area (Å²) in [7, 11) is 0. The largest absolute Gasteiger partial charge is 0.489 e. The van der Waals surface area contributed by atoms with Gasteiger partial charge in [0.05, 0.1) is 39.6 Å². The van der Waals surface area contributed by atoms with Crippen molar-refractivity contribution in [3.63, 3.8) is 0 Å². The van der Waals surface area contributed by atoms with E-state index in [1.54, 1.807) is 0 Å². The average Bonchev–Trinajstić information content (AvgIpc) is 0.766. The smallest absolute Gasteiger partial charge is 0.253 e. The zero-order valence-electron chi connectivity index (χ0n) is 65.2. The number of ether oxygens (including phenoxy) is 6. The lowest BCUT2D eigenvalue weighted by molar-refractivity contribution is 0.234. The number of anilines is 4. The third-order valence-corrected chi connectivity index (χ3v) is 20.0. The first-order chi connectivity index (χ1) is 48.4. The third kappa shape index (κ3) is 45.0. The molecule has 0 heterocycles. The second-order valence-corrected chi connectivity index (χ2v) is 29.4. The second kappa shape index (κ2) is 65.0. The number of hydrogen-bond acceptors (Lipinski definition) is 10. The van der Waals surface area contributed by atoms with E-state index in [4.69, 9.17) is 28.4 Å². The summed E-state index contributed by atoms with van der Waals surface area (Å²) in [6.07, 6.45) is 74.7. The van der Waals surface area contributed by atoms with Crippen molar-refractivity contribution in [1.29, 1.82) is 0 Å². The molecule has 0 atom stereocenters. The van der Waals surface area contributed by atoms with E-state index in [1.165, 1.54) is 308 Å². The van der Waals surface area contributed by atoms with Crippen LogP contribution in [0.5, 0.6) is 34.5 Å². The normalized spacial score (nSPS) is 11.5. The van der Waals surface area contributed by atoms with E-state index >= 15 is 0 Å². The van der Waals surface area contributed by atoms with Crippen LogP contribution < -0.4 is 49.9 Å². The van der Waals surface area contributed by atoms with Crippen LogP contribution >= 0.6 is 0 Å². The van der Waals surface area contributed by atoms with Crippen molar-refractivity contribution in [3.8, 4) is 34.5 Å². The highest BCUT2D eigenvalue weighted by atomic mass is 16.5. The van der Waals surface area contributed by atoms with Crippen LogP contribution in [-0.2, 0) is 0 Å². The van der Waals surface area contributed by atoms with E-state index in [0.717, 1.165) is 77.0 Å². The third-order valence-electron chi connectivity index (χ3n) is 20.0. The minimum absolute atomic E-state index is 0.206. The summed E-state index contributed by atoms with van der Waals surface area (Å²) in [5, 5.41) is 6.87. The molecule has 0 bridgehead atoms. The van der Waals surface area contributed by atoms with Crippen LogP contribution in [-0.4, -0.2) is 39.6 Å². The van der Waals surface area contributed by atoms with Crippen molar-refractivity contribution in [2.45, 2.75) is 427 Å². The Labute approximate surface area is 604 Å². The van der Waals surface area contributed by atoms with Gasteiger partial charge in [0, 0.05) is 35.6 Å². The zero-order chi connectivity index (χ0) is 70.1. The maximum Gasteiger partial charge on any atom is 0.253 e. The summed E-state index contributed by atoms with van der Waals surface area (Å²) in [5.41, 5.74) is 0.495. The maximum absolute atomic E-state index is 14.0. The topological polar surface area (TPSA) is 114 Å². The molecule has 0 unspecified atom stereocenters. The van der Waals surface area contributed by atoms with Crippen LogP contribution in [0.4, 0.5) is 22.7 Å². The summed E-state index contributed by atoms with van der Waals surface area (Å²) in [5.74, 6) is 3.66. The van der Waals surface area contributed by atoms with Gasteiger partial charge in [0.25, 0.3) is 10.9 Å². The molecular weight excluding hydrogens is 1210 g/mol. The Kier molecular flexibility index (Phi) is 58.4. The van der Waals surface area contributed by atoms with Crippen molar-refractivity contribution < 1.29 is 28.4 Å². The summed E-state index contributed by atoms with van der Waals surface area (Å²) >= 11 is 0. The number of rotatable bonds is 76. The Morgan fingerprint density at radius 2 is 0.347 bits per heavy atom. The fraction of sp³-hybridized carbons (Fsp3) is 0.818. The Morgan fingerprint density at radius 1 is 0.204 bits per heavy atom. The van der Waals surface area contributed by atoms with Crippen LogP contribution in [0.3, 0.4) is 0 Å². The fourth-order valence-corrected chi connectivity index (χ4v) is 13.5. The van der Waals surface area contributed by atoms with Gasteiger partial charge in [0.2, 0.25) is 11.5 Å². The van der Waals surface area contributed by atoms with Gasteiger partial charge < -0.3 is 39.1 Å². The molecule has 0 aliphatic rings. The average molecular weight is 1370 g/mol. The van der Waals surface area contributed by atoms with Gasteiger partial charge in [0.1, 0.15) is 11.4 Å². The highest BCUT2D eigenvalue weighted by Gasteiger charge is 2.26. The molecule has 3 aromatic rings. The van der Waals surface area contributed by atoms with E-state index in [0.29, 0.717) is 85.5 Å². The minimum atomic E-state index is -0.569. The van der Waals surface area contributed by atoms with Crippen molar-refractivity contribution in [2.24, 2.45) is 0 Å². The van der Waals surface area contributed by atoms with Crippen molar-refractivity contribution in [1.82, 2.24) is 0 Å². The Hall–Kier alpha value is -4.08. The van der Waals surface area contributed by atoms with Gasteiger partial charge in [0.15, 0.2) is 23.0 Å². The second-order valence-electron chi connectivity index (χ2n) is 29.4. The monoisotopic (exact) mass is 1370 g/mol. The van der Waals surface area contributed by atoms with Gasteiger partial charge >= 0.3 is 0 Å². The Morgan fingerprint density at radius 3 is 0.510 bits per heavy atom. The predicted molar refractivity (Wildman–Crippen MR) is 425 cm³/mol. The highest BCUT2D eigenvalue weighted by molar-refractivity contribution is 5.84. The van der Waals surface area contributed by atoms with Crippen LogP contribution in [0, 0.1) is 0 Å².